The van der Waals surface area contributed by atoms with Crippen molar-refractivity contribution in [3.63, 3.8) is 0 Å². The molecule has 3 nitrogen and oxygen atoms in total. The van der Waals surface area contributed by atoms with Crippen molar-refractivity contribution in [3.05, 3.63) is 35.4 Å². The molecule has 0 saturated heterocycles. The van der Waals surface area contributed by atoms with Crippen molar-refractivity contribution in [3.8, 4) is 0 Å². The molecule has 0 aromatic heterocycles. The van der Waals surface area contributed by atoms with Crippen LogP contribution in [0.15, 0.2) is 29.3 Å². The molecular formula is C18H27N3. The zero-order chi connectivity index (χ0) is 14.7. The zero-order valence-electron chi connectivity index (χ0n) is 13.3. The Bertz CT molecular complexity index is 523. The maximum absolute atomic E-state index is 4.83. The molecule has 0 amide bonds. The minimum atomic E-state index is 0.110. The van der Waals surface area contributed by atoms with Gasteiger partial charge in [-0.3, -0.25) is 4.99 Å². The summed E-state index contributed by atoms with van der Waals surface area (Å²) >= 11 is 0. The van der Waals surface area contributed by atoms with Gasteiger partial charge in [-0.2, -0.15) is 0 Å². The molecule has 0 bridgehead atoms. The summed E-state index contributed by atoms with van der Waals surface area (Å²) in [5, 5.41) is 7.42. The summed E-state index contributed by atoms with van der Waals surface area (Å²) in [5.74, 6) is 1.98. The van der Waals surface area contributed by atoms with Crippen molar-refractivity contribution in [2.75, 3.05) is 13.1 Å². The normalized spacial score (nSPS) is 29.2. The van der Waals surface area contributed by atoms with Crippen molar-refractivity contribution in [2.24, 2.45) is 10.9 Å². The van der Waals surface area contributed by atoms with Gasteiger partial charge in [-0.25, -0.2) is 0 Å². The number of amidine groups is 1. The van der Waals surface area contributed by atoms with Gasteiger partial charge in [-0.15, -0.1) is 0 Å². The highest BCUT2D eigenvalue weighted by atomic mass is 15.2. The van der Waals surface area contributed by atoms with E-state index in [1.54, 1.807) is 0 Å². The van der Waals surface area contributed by atoms with Crippen LogP contribution in [0.25, 0.3) is 0 Å². The Morgan fingerprint density at radius 1 is 1.38 bits per heavy atom. The van der Waals surface area contributed by atoms with Crippen LogP contribution in [0.3, 0.4) is 0 Å². The van der Waals surface area contributed by atoms with E-state index >= 15 is 0 Å². The number of nitrogens with one attached hydrogen (secondary N) is 2. The molecule has 3 rings (SSSR count). The van der Waals surface area contributed by atoms with E-state index in [9.17, 15) is 0 Å². The topological polar surface area (TPSA) is 36.4 Å². The van der Waals surface area contributed by atoms with Crippen LogP contribution in [0.5, 0.6) is 0 Å². The summed E-state index contributed by atoms with van der Waals surface area (Å²) in [6, 6.07) is 8.60. The average molecular weight is 285 g/mol. The smallest absolute Gasteiger partial charge is 0.117 e. The third-order valence-electron chi connectivity index (χ3n) is 5.00. The SMILES string of the molecule is Cc1ccccc1CNC1=NCCN[C@@]12CCC[C@H](C)C2. The lowest BCUT2D eigenvalue weighted by Gasteiger charge is -2.44. The molecule has 3 heteroatoms. The molecule has 21 heavy (non-hydrogen) atoms. The predicted octanol–water partition coefficient (Wildman–Crippen LogP) is 3.04. The molecular weight excluding hydrogens is 258 g/mol. The maximum atomic E-state index is 4.83. The van der Waals surface area contributed by atoms with E-state index in [2.05, 4.69) is 48.7 Å². The molecule has 2 aliphatic rings. The average Bonchev–Trinajstić information content (AvgIpc) is 2.48. The number of hydrogen-bond acceptors (Lipinski definition) is 3. The number of rotatable bonds is 2. The summed E-state index contributed by atoms with van der Waals surface area (Å²) < 4.78 is 0. The van der Waals surface area contributed by atoms with Crippen LogP contribution < -0.4 is 10.6 Å². The second-order valence-corrected chi connectivity index (χ2v) is 6.72. The molecule has 1 saturated carbocycles. The summed E-state index contributed by atoms with van der Waals surface area (Å²) in [6.07, 6.45) is 5.09. The quantitative estimate of drug-likeness (QED) is 0.876. The van der Waals surface area contributed by atoms with Crippen molar-refractivity contribution in [1.82, 2.24) is 10.6 Å². The molecule has 1 heterocycles. The van der Waals surface area contributed by atoms with Gasteiger partial charge in [-0.1, -0.05) is 44.0 Å². The first-order valence-electron chi connectivity index (χ1n) is 8.28. The highest BCUT2D eigenvalue weighted by Crippen LogP contribution is 2.34. The van der Waals surface area contributed by atoms with Gasteiger partial charge < -0.3 is 10.6 Å². The fourth-order valence-electron chi connectivity index (χ4n) is 3.84. The van der Waals surface area contributed by atoms with Crippen LogP contribution in [-0.4, -0.2) is 24.5 Å². The van der Waals surface area contributed by atoms with Crippen LogP contribution >= 0.6 is 0 Å². The Morgan fingerprint density at radius 3 is 3.05 bits per heavy atom. The van der Waals surface area contributed by atoms with E-state index in [0.717, 1.165) is 25.6 Å². The highest BCUT2D eigenvalue weighted by Gasteiger charge is 2.40. The van der Waals surface area contributed by atoms with E-state index in [0.29, 0.717) is 0 Å². The Labute approximate surface area is 128 Å². The van der Waals surface area contributed by atoms with Gasteiger partial charge in [0, 0.05) is 13.1 Å². The minimum absolute atomic E-state index is 0.110. The van der Waals surface area contributed by atoms with E-state index < -0.39 is 0 Å². The third-order valence-corrected chi connectivity index (χ3v) is 5.00. The van der Waals surface area contributed by atoms with Gasteiger partial charge in [0.15, 0.2) is 0 Å². The van der Waals surface area contributed by atoms with Crippen molar-refractivity contribution < 1.29 is 0 Å². The molecule has 1 aliphatic heterocycles. The number of nitrogens with zero attached hydrogens (tertiary/aromatic N) is 1. The minimum Gasteiger partial charge on any atom is -0.368 e. The number of aryl methyl sites for hydroxylation is 1. The Morgan fingerprint density at radius 2 is 2.24 bits per heavy atom. The van der Waals surface area contributed by atoms with Crippen molar-refractivity contribution in [1.29, 1.82) is 0 Å². The standard InChI is InChI=1S/C18H27N3/c1-14-6-5-9-18(12-14)17(19-10-11-21-18)20-13-16-8-4-3-7-15(16)2/h3-4,7-8,14,21H,5-6,9-13H2,1-2H3,(H,19,20)/t14-,18+/m0/s1. The summed E-state index contributed by atoms with van der Waals surface area (Å²) in [5.41, 5.74) is 2.82. The van der Waals surface area contributed by atoms with E-state index in [1.807, 2.05) is 0 Å². The lowest BCUT2D eigenvalue weighted by Crippen LogP contribution is -2.61. The summed E-state index contributed by atoms with van der Waals surface area (Å²) in [7, 11) is 0. The number of benzene rings is 1. The highest BCUT2D eigenvalue weighted by molar-refractivity contribution is 5.92. The first-order chi connectivity index (χ1) is 10.2. The lowest BCUT2D eigenvalue weighted by molar-refractivity contribution is 0.243. The Kier molecular flexibility index (Phi) is 4.29. The summed E-state index contributed by atoms with van der Waals surface area (Å²) in [4.78, 5) is 4.83. The molecule has 2 N–H and O–H groups in total. The molecule has 1 aromatic carbocycles. The van der Waals surface area contributed by atoms with Crippen LogP contribution in [0, 0.1) is 12.8 Å². The molecule has 1 aliphatic carbocycles. The first-order valence-corrected chi connectivity index (χ1v) is 8.28. The van der Waals surface area contributed by atoms with Crippen LogP contribution in [0.2, 0.25) is 0 Å². The first kappa shape index (κ1) is 14.6. The van der Waals surface area contributed by atoms with Crippen LogP contribution in [0.4, 0.5) is 0 Å². The van der Waals surface area contributed by atoms with Crippen LogP contribution in [0.1, 0.15) is 43.7 Å². The molecule has 1 aromatic rings. The molecule has 114 valence electrons. The predicted molar refractivity (Wildman–Crippen MR) is 88.7 cm³/mol. The second-order valence-electron chi connectivity index (χ2n) is 6.72. The van der Waals surface area contributed by atoms with Gasteiger partial charge in [0.05, 0.1) is 12.1 Å². The van der Waals surface area contributed by atoms with Crippen LogP contribution in [-0.2, 0) is 6.54 Å². The second kappa shape index (κ2) is 6.18. The Hall–Kier alpha value is -1.35. The van der Waals surface area contributed by atoms with E-state index in [-0.39, 0.29) is 5.54 Å². The number of hydrogen-bond donors (Lipinski definition) is 2. The monoisotopic (exact) mass is 285 g/mol. The van der Waals surface area contributed by atoms with E-state index in [4.69, 9.17) is 4.99 Å². The van der Waals surface area contributed by atoms with Crippen molar-refractivity contribution >= 4 is 5.84 Å². The fourth-order valence-corrected chi connectivity index (χ4v) is 3.84. The molecule has 2 atom stereocenters. The molecule has 0 unspecified atom stereocenters. The van der Waals surface area contributed by atoms with Gasteiger partial charge in [0.25, 0.3) is 0 Å². The molecule has 1 fully saturated rings. The van der Waals surface area contributed by atoms with Gasteiger partial charge in [-0.05, 0) is 36.8 Å². The fraction of sp³-hybridized carbons (Fsp3) is 0.611. The largest absolute Gasteiger partial charge is 0.368 e. The third kappa shape index (κ3) is 3.13. The van der Waals surface area contributed by atoms with Gasteiger partial charge >= 0.3 is 0 Å². The van der Waals surface area contributed by atoms with E-state index in [1.165, 1.54) is 42.6 Å². The maximum Gasteiger partial charge on any atom is 0.117 e. The molecule has 1 spiro atoms. The van der Waals surface area contributed by atoms with Gasteiger partial charge in [0.2, 0.25) is 0 Å². The van der Waals surface area contributed by atoms with Crippen molar-refractivity contribution in [2.45, 2.75) is 51.6 Å². The van der Waals surface area contributed by atoms with Gasteiger partial charge in [0.1, 0.15) is 5.84 Å². The molecule has 0 radical (unpaired) electrons. The number of aliphatic imine (C=N–C) groups is 1. The summed E-state index contributed by atoms with van der Waals surface area (Å²) in [6.45, 7) is 7.34. The Balaban J connectivity index is 1.73. The lowest BCUT2D eigenvalue weighted by atomic mass is 9.75. The zero-order valence-corrected chi connectivity index (χ0v) is 13.3.